The van der Waals surface area contributed by atoms with Crippen LogP contribution in [0.5, 0.6) is 5.75 Å². The largest absolute Gasteiger partial charge is 0.494 e. The summed E-state index contributed by atoms with van der Waals surface area (Å²) in [4.78, 5) is 0. The molecule has 4 heteroatoms. The number of anilines is 1. The lowest BCUT2D eigenvalue weighted by atomic mass is 10.1. The van der Waals surface area contributed by atoms with Crippen molar-refractivity contribution < 1.29 is 4.74 Å². The Morgan fingerprint density at radius 3 is 2.52 bits per heavy atom. The van der Waals surface area contributed by atoms with E-state index in [2.05, 4.69) is 81.4 Å². The molecular formula is C17H19Br2NO. The zero-order valence-electron chi connectivity index (χ0n) is 12.4. The van der Waals surface area contributed by atoms with Crippen LogP contribution in [0.1, 0.15) is 31.0 Å². The molecule has 0 bridgehead atoms. The highest BCUT2D eigenvalue weighted by atomic mass is 79.9. The minimum atomic E-state index is 0.212. The first-order valence-electron chi connectivity index (χ1n) is 6.96. The van der Waals surface area contributed by atoms with Crippen LogP contribution in [0.2, 0.25) is 0 Å². The Bertz CT molecular complexity index is 628. The first kappa shape index (κ1) is 16.4. The number of rotatable bonds is 5. The summed E-state index contributed by atoms with van der Waals surface area (Å²) >= 11 is 7.10. The van der Waals surface area contributed by atoms with Crippen molar-refractivity contribution in [2.24, 2.45) is 0 Å². The molecule has 21 heavy (non-hydrogen) atoms. The smallest absolute Gasteiger partial charge is 0.119 e. The van der Waals surface area contributed by atoms with Crippen LogP contribution in [0.25, 0.3) is 0 Å². The minimum Gasteiger partial charge on any atom is -0.494 e. The lowest BCUT2D eigenvalue weighted by Gasteiger charge is -2.19. The second-order valence-corrected chi connectivity index (χ2v) is 6.71. The fourth-order valence-corrected chi connectivity index (χ4v) is 3.61. The quantitative estimate of drug-likeness (QED) is 0.641. The molecule has 0 aliphatic heterocycles. The predicted octanol–water partition coefficient (Wildman–Crippen LogP) is 6.09. The van der Waals surface area contributed by atoms with E-state index in [-0.39, 0.29) is 6.04 Å². The molecule has 0 aromatic heterocycles. The van der Waals surface area contributed by atoms with E-state index in [0.717, 1.165) is 20.4 Å². The average molecular weight is 413 g/mol. The maximum Gasteiger partial charge on any atom is 0.119 e. The Morgan fingerprint density at radius 1 is 1.14 bits per heavy atom. The van der Waals surface area contributed by atoms with Gasteiger partial charge in [-0.25, -0.2) is 0 Å². The Hall–Kier alpha value is -1.000. The highest BCUT2D eigenvalue weighted by Crippen LogP contribution is 2.30. The number of aryl methyl sites for hydroxylation is 1. The molecule has 0 aliphatic rings. The molecule has 0 fully saturated rings. The molecule has 0 spiro atoms. The number of hydrogen-bond acceptors (Lipinski definition) is 2. The normalized spacial score (nSPS) is 12.0. The van der Waals surface area contributed by atoms with Gasteiger partial charge in [0.2, 0.25) is 0 Å². The van der Waals surface area contributed by atoms with E-state index in [1.165, 1.54) is 11.1 Å². The Morgan fingerprint density at radius 2 is 1.90 bits per heavy atom. The third-order valence-electron chi connectivity index (χ3n) is 3.31. The summed E-state index contributed by atoms with van der Waals surface area (Å²) in [6.45, 7) is 6.93. The molecule has 2 aromatic carbocycles. The molecule has 1 N–H and O–H groups in total. The van der Waals surface area contributed by atoms with E-state index in [1.54, 1.807) is 0 Å². The molecule has 0 saturated heterocycles. The molecule has 0 amide bonds. The maximum absolute atomic E-state index is 5.52. The van der Waals surface area contributed by atoms with Gasteiger partial charge in [0.15, 0.2) is 0 Å². The van der Waals surface area contributed by atoms with Crippen LogP contribution in [0.15, 0.2) is 45.3 Å². The topological polar surface area (TPSA) is 21.3 Å². The molecule has 1 atom stereocenters. The highest BCUT2D eigenvalue weighted by Gasteiger charge is 2.11. The van der Waals surface area contributed by atoms with E-state index in [9.17, 15) is 0 Å². The van der Waals surface area contributed by atoms with Crippen molar-refractivity contribution in [3.63, 3.8) is 0 Å². The van der Waals surface area contributed by atoms with Gasteiger partial charge in [-0.1, -0.05) is 37.9 Å². The molecule has 0 heterocycles. The van der Waals surface area contributed by atoms with Gasteiger partial charge in [0.25, 0.3) is 0 Å². The van der Waals surface area contributed by atoms with Gasteiger partial charge >= 0.3 is 0 Å². The van der Waals surface area contributed by atoms with Crippen molar-refractivity contribution in [3.05, 3.63) is 56.5 Å². The third kappa shape index (κ3) is 4.24. The molecule has 1 unspecified atom stereocenters. The zero-order chi connectivity index (χ0) is 15.4. The van der Waals surface area contributed by atoms with Gasteiger partial charge in [-0.05, 0) is 62.2 Å². The van der Waals surface area contributed by atoms with E-state index >= 15 is 0 Å². The number of nitrogens with one attached hydrogen (secondary N) is 1. The zero-order valence-corrected chi connectivity index (χ0v) is 15.6. The lowest BCUT2D eigenvalue weighted by molar-refractivity contribution is 0.340. The van der Waals surface area contributed by atoms with Crippen LogP contribution in [-0.2, 0) is 0 Å². The monoisotopic (exact) mass is 411 g/mol. The number of ether oxygens (including phenoxy) is 1. The Kier molecular flexibility index (Phi) is 5.71. The molecule has 2 rings (SSSR count). The molecule has 112 valence electrons. The number of benzene rings is 2. The van der Waals surface area contributed by atoms with Gasteiger partial charge in [-0.3, -0.25) is 0 Å². The van der Waals surface area contributed by atoms with E-state index in [0.29, 0.717) is 6.61 Å². The first-order valence-corrected chi connectivity index (χ1v) is 8.54. The van der Waals surface area contributed by atoms with E-state index in [1.807, 2.05) is 13.0 Å². The summed E-state index contributed by atoms with van der Waals surface area (Å²) in [7, 11) is 0. The van der Waals surface area contributed by atoms with Crippen LogP contribution < -0.4 is 10.1 Å². The lowest BCUT2D eigenvalue weighted by Crippen LogP contribution is -2.08. The van der Waals surface area contributed by atoms with Gasteiger partial charge in [0.1, 0.15) is 5.75 Å². The number of hydrogen-bond donors (Lipinski definition) is 1. The molecule has 0 aliphatic carbocycles. The summed E-state index contributed by atoms with van der Waals surface area (Å²) in [6.07, 6.45) is 0. The Balaban J connectivity index is 2.17. The van der Waals surface area contributed by atoms with Crippen LogP contribution in [0.3, 0.4) is 0 Å². The highest BCUT2D eigenvalue weighted by molar-refractivity contribution is 9.11. The second-order valence-electron chi connectivity index (χ2n) is 4.94. The van der Waals surface area contributed by atoms with Crippen LogP contribution >= 0.6 is 31.9 Å². The van der Waals surface area contributed by atoms with Gasteiger partial charge in [0, 0.05) is 20.7 Å². The SMILES string of the molecule is CCOc1ccc(NC(C)c2ccc(Br)cc2Br)c(C)c1. The number of halogens is 2. The fourth-order valence-electron chi connectivity index (χ4n) is 2.22. The molecule has 2 aromatic rings. The third-order valence-corrected chi connectivity index (χ3v) is 4.49. The summed E-state index contributed by atoms with van der Waals surface area (Å²) in [5.74, 6) is 0.915. The minimum absolute atomic E-state index is 0.212. The average Bonchev–Trinajstić information content (AvgIpc) is 2.42. The van der Waals surface area contributed by atoms with Crippen molar-refractivity contribution in [1.29, 1.82) is 0 Å². The molecule has 2 nitrogen and oxygen atoms in total. The Labute approximate surface area is 143 Å². The van der Waals surface area contributed by atoms with E-state index < -0.39 is 0 Å². The maximum atomic E-state index is 5.52. The summed E-state index contributed by atoms with van der Waals surface area (Å²) < 4.78 is 7.69. The molecule has 0 saturated carbocycles. The van der Waals surface area contributed by atoms with Crippen molar-refractivity contribution in [2.45, 2.75) is 26.8 Å². The molecular weight excluding hydrogens is 394 g/mol. The summed E-state index contributed by atoms with van der Waals surface area (Å²) in [6, 6.07) is 12.6. The van der Waals surface area contributed by atoms with E-state index in [4.69, 9.17) is 4.74 Å². The van der Waals surface area contributed by atoms with Crippen LogP contribution in [0.4, 0.5) is 5.69 Å². The van der Waals surface area contributed by atoms with Crippen molar-refractivity contribution >= 4 is 37.5 Å². The summed E-state index contributed by atoms with van der Waals surface area (Å²) in [5.41, 5.74) is 3.54. The predicted molar refractivity (Wildman–Crippen MR) is 96.2 cm³/mol. The van der Waals surface area contributed by atoms with Crippen molar-refractivity contribution in [1.82, 2.24) is 0 Å². The molecule has 0 radical (unpaired) electrons. The van der Waals surface area contributed by atoms with Gasteiger partial charge in [-0.2, -0.15) is 0 Å². The first-order chi connectivity index (χ1) is 10.0. The van der Waals surface area contributed by atoms with Crippen LogP contribution in [-0.4, -0.2) is 6.61 Å². The van der Waals surface area contributed by atoms with Gasteiger partial charge < -0.3 is 10.1 Å². The standard InChI is InChI=1S/C17H19Br2NO/c1-4-21-14-6-8-17(11(2)9-14)20-12(3)15-7-5-13(18)10-16(15)19/h5-10,12,20H,4H2,1-3H3. The van der Waals surface area contributed by atoms with Crippen molar-refractivity contribution in [2.75, 3.05) is 11.9 Å². The summed E-state index contributed by atoms with van der Waals surface area (Å²) in [5, 5.41) is 3.56. The fraction of sp³-hybridized carbons (Fsp3) is 0.294. The van der Waals surface area contributed by atoms with Crippen LogP contribution in [0, 0.1) is 6.92 Å². The van der Waals surface area contributed by atoms with Gasteiger partial charge in [0.05, 0.1) is 6.61 Å². The second kappa shape index (κ2) is 7.32. The van der Waals surface area contributed by atoms with Crippen molar-refractivity contribution in [3.8, 4) is 5.75 Å². The van der Waals surface area contributed by atoms with Gasteiger partial charge in [-0.15, -0.1) is 0 Å².